The Morgan fingerprint density at radius 2 is 1.72 bits per heavy atom. The van der Waals surface area contributed by atoms with E-state index in [2.05, 4.69) is 5.32 Å². The SMILES string of the molecule is Cc1cccc(C2C(C(=O)c3ccc(C)o3)C(c3sccc3C)C(C)(C(=O)O)N2C(=O)Nc2ccccc2)c1. The van der Waals surface area contributed by atoms with E-state index in [1.807, 2.05) is 55.6 Å². The summed E-state index contributed by atoms with van der Waals surface area (Å²) >= 11 is 1.40. The molecule has 1 aliphatic rings. The summed E-state index contributed by atoms with van der Waals surface area (Å²) in [6.45, 7) is 7.14. The molecule has 2 N–H and O–H groups in total. The third-order valence-corrected chi connectivity index (χ3v) is 8.72. The van der Waals surface area contributed by atoms with Gasteiger partial charge in [0.05, 0.1) is 12.0 Å². The molecule has 0 spiro atoms. The average Bonchev–Trinajstić information content (AvgIpc) is 3.60. The van der Waals surface area contributed by atoms with Crippen molar-refractivity contribution in [2.24, 2.45) is 5.92 Å². The normalized spacial score (nSPS) is 22.6. The number of amides is 2. The molecule has 1 fully saturated rings. The fourth-order valence-corrected chi connectivity index (χ4v) is 6.96. The third kappa shape index (κ3) is 4.55. The predicted octanol–water partition coefficient (Wildman–Crippen LogP) is 6.98. The van der Waals surface area contributed by atoms with E-state index in [4.69, 9.17) is 4.42 Å². The third-order valence-electron chi connectivity index (χ3n) is 7.61. The molecule has 2 aromatic heterocycles. The Kier molecular flexibility index (Phi) is 6.91. The molecule has 200 valence electrons. The summed E-state index contributed by atoms with van der Waals surface area (Å²) in [4.78, 5) is 43.9. The molecule has 8 heteroatoms. The number of carboxylic acids is 1. The molecule has 3 heterocycles. The van der Waals surface area contributed by atoms with Crippen LogP contribution in [0.5, 0.6) is 0 Å². The standard InChI is InChI=1S/C31H30N2O5S/c1-18-9-8-10-21(17-18)26-24(27(34)23-14-13-20(3)38-23)25(28-19(2)15-16-39-28)31(4,29(35)36)33(26)30(37)32-22-11-6-5-7-12-22/h5-17,24-26H,1-4H3,(H,32,37)(H,35,36). The number of nitrogens with one attached hydrogen (secondary N) is 1. The Balaban J connectivity index is 1.78. The van der Waals surface area contributed by atoms with E-state index in [0.29, 0.717) is 17.0 Å². The summed E-state index contributed by atoms with van der Waals surface area (Å²) in [6, 6.07) is 20.2. The van der Waals surface area contributed by atoms with Crippen molar-refractivity contribution in [3.05, 3.63) is 111 Å². The van der Waals surface area contributed by atoms with Crippen LogP contribution in [0.25, 0.3) is 0 Å². The number of hydrogen-bond acceptors (Lipinski definition) is 5. The van der Waals surface area contributed by atoms with Crippen molar-refractivity contribution < 1.29 is 23.9 Å². The summed E-state index contributed by atoms with van der Waals surface area (Å²) < 4.78 is 5.77. The first-order valence-corrected chi connectivity index (χ1v) is 13.6. The van der Waals surface area contributed by atoms with E-state index in [-0.39, 0.29) is 11.5 Å². The van der Waals surface area contributed by atoms with Crippen molar-refractivity contribution in [3.8, 4) is 0 Å². The molecule has 39 heavy (non-hydrogen) atoms. The van der Waals surface area contributed by atoms with E-state index >= 15 is 0 Å². The van der Waals surface area contributed by atoms with Crippen LogP contribution >= 0.6 is 11.3 Å². The lowest BCUT2D eigenvalue weighted by Gasteiger charge is -2.37. The molecule has 5 rings (SSSR count). The molecule has 2 amide bonds. The highest BCUT2D eigenvalue weighted by atomic mass is 32.1. The number of benzene rings is 2. The number of hydrogen-bond donors (Lipinski definition) is 2. The number of carbonyl (C=O) groups is 3. The number of likely N-dealkylation sites (tertiary alicyclic amines) is 1. The molecule has 1 aliphatic heterocycles. The van der Waals surface area contributed by atoms with Crippen molar-refractivity contribution in [1.29, 1.82) is 0 Å². The largest absolute Gasteiger partial charge is 0.479 e. The lowest BCUT2D eigenvalue weighted by atomic mass is 9.74. The summed E-state index contributed by atoms with van der Waals surface area (Å²) in [6.07, 6.45) is 0. The molecular weight excluding hydrogens is 512 g/mol. The van der Waals surface area contributed by atoms with Gasteiger partial charge in [-0.25, -0.2) is 9.59 Å². The van der Waals surface area contributed by atoms with Gasteiger partial charge in [0.15, 0.2) is 5.76 Å². The maximum Gasteiger partial charge on any atom is 0.330 e. The summed E-state index contributed by atoms with van der Waals surface area (Å²) in [5.41, 5.74) is 1.26. The van der Waals surface area contributed by atoms with Crippen molar-refractivity contribution in [1.82, 2.24) is 4.90 Å². The van der Waals surface area contributed by atoms with Crippen LogP contribution in [-0.2, 0) is 4.79 Å². The second-order valence-electron chi connectivity index (χ2n) is 10.2. The Morgan fingerprint density at radius 3 is 2.31 bits per heavy atom. The molecule has 4 unspecified atom stereocenters. The average molecular weight is 543 g/mol. The molecule has 4 aromatic rings. The maximum atomic E-state index is 14.3. The molecule has 0 aliphatic carbocycles. The Bertz CT molecular complexity index is 1540. The van der Waals surface area contributed by atoms with Crippen molar-refractivity contribution in [2.45, 2.75) is 45.2 Å². The quantitative estimate of drug-likeness (QED) is 0.256. The Hall–Kier alpha value is -4.17. The fraction of sp³-hybridized carbons (Fsp3) is 0.258. The number of Topliss-reactive ketones (excluding diaryl/α,β-unsaturated/α-hetero) is 1. The minimum atomic E-state index is -1.76. The Morgan fingerprint density at radius 1 is 0.974 bits per heavy atom. The zero-order chi connectivity index (χ0) is 27.9. The first-order chi connectivity index (χ1) is 18.6. The molecule has 0 saturated carbocycles. The van der Waals surface area contributed by atoms with Gasteiger partial charge in [-0.05, 0) is 74.5 Å². The number of furan rings is 1. The Labute approximate surface area is 231 Å². The van der Waals surface area contributed by atoms with E-state index in [1.54, 1.807) is 50.2 Å². The minimum Gasteiger partial charge on any atom is -0.479 e. The molecule has 4 atom stereocenters. The fourth-order valence-electron chi connectivity index (χ4n) is 5.77. The van der Waals surface area contributed by atoms with Gasteiger partial charge < -0.3 is 14.8 Å². The van der Waals surface area contributed by atoms with Crippen LogP contribution in [0, 0.1) is 26.7 Å². The highest BCUT2D eigenvalue weighted by Gasteiger charge is 2.66. The number of nitrogens with zero attached hydrogens (tertiary/aromatic N) is 1. The second-order valence-corrected chi connectivity index (χ2v) is 11.2. The molecular formula is C31H30N2O5S. The van der Waals surface area contributed by atoms with Crippen molar-refractivity contribution >= 4 is 34.8 Å². The number of rotatable bonds is 6. The number of urea groups is 1. The second kappa shape index (κ2) is 10.2. The number of carboxylic acid groups (broad SMARTS) is 1. The molecule has 0 radical (unpaired) electrons. The number of ketones is 1. The van der Waals surface area contributed by atoms with Crippen LogP contribution in [0.3, 0.4) is 0 Å². The topological polar surface area (TPSA) is 99.8 Å². The molecule has 2 aromatic carbocycles. The van der Waals surface area contributed by atoms with Crippen LogP contribution < -0.4 is 5.32 Å². The highest BCUT2D eigenvalue weighted by Crippen LogP contribution is 2.58. The number of aryl methyl sites for hydroxylation is 3. The first-order valence-electron chi connectivity index (χ1n) is 12.7. The van der Waals surface area contributed by atoms with E-state index in [0.717, 1.165) is 16.0 Å². The van der Waals surface area contributed by atoms with Crippen LogP contribution in [-0.4, -0.2) is 33.3 Å². The molecule has 0 bridgehead atoms. The van der Waals surface area contributed by atoms with E-state index in [1.165, 1.54) is 16.2 Å². The molecule has 7 nitrogen and oxygen atoms in total. The molecule has 1 saturated heterocycles. The van der Waals surface area contributed by atoms with Crippen LogP contribution in [0.15, 0.2) is 82.6 Å². The van der Waals surface area contributed by atoms with Gasteiger partial charge >= 0.3 is 12.0 Å². The van der Waals surface area contributed by atoms with Gasteiger partial charge in [0.25, 0.3) is 0 Å². The van der Waals surface area contributed by atoms with Gasteiger partial charge in [-0.2, -0.15) is 0 Å². The van der Waals surface area contributed by atoms with Gasteiger partial charge in [-0.1, -0.05) is 48.0 Å². The van der Waals surface area contributed by atoms with E-state index in [9.17, 15) is 19.5 Å². The smallest absolute Gasteiger partial charge is 0.330 e. The lowest BCUT2D eigenvalue weighted by molar-refractivity contribution is -0.148. The summed E-state index contributed by atoms with van der Waals surface area (Å²) in [5.74, 6) is -2.56. The van der Waals surface area contributed by atoms with Crippen molar-refractivity contribution in [3.63, 3.8) is 0 Å². The van der Waals surface area contributed by atoms with E-state index < -0.39 is 35.4 Å². The number of para-hydroxylation sites is 1. The van der Waals surface area contributed by atoms with Crippen LogP contribution in [0.1, 0.15) is 56.8 Å². The predicted molar refractivity (Wildman–Crippen MR) is 150 cm³/mol. The maximum absolute atomic E-state index is 14.3. The van der Waals surface area contributed by atoms with Gasteiger partial charge in [-0.15, -0.1) is 11.3 Å². The number of thiophene rings is 1. The van der Waals surface area contributed by atoms with Gasteiger partial charge in [0, 0.05) is 16.5 Å². The number of carbonyl (C=O) groups excluding carboxylic acids is 2. The zero-order valence-electron chi connectivity index (χ0n) is 22.2. The lowest BCUT2D eigenvalue weighted by Crippen LogP contribution is -2.55. The van der Waals surface area contributed by atoms with Crippen LogP contribution in [0.4, 0.5) is 10.5 Å². The van der Waals surface area contributed by atoms with Crippen LogP contribution in [0.2, 0.25) is 0 Å². The zero-order valence-corrected chi connectivity index (χ0v) is 23.0. The van der Waals surface area contributed by atoms with Gasteiger partial charge in [0.1, 0.15) is 11.3 Å². The van der Waals surface area contributed by atoms with Gasteiger partial charge in [-0.3, -0.25) is 9.69 Å². The highest BCUT2D eigenvalue weighted by molar-refractivity contribution is 7.10. The monoisotopic (exact) mass is 542 g/mol. The number of anilines is 1. The van der Waals surface area contributed by atoms with Gasteiger partial charge in [0.2, 0.25) is 5.78 Å². The summed E-state index contributed by atoms with van der Waals surface area (Å²) in [5, 5.41) is 15.6. The minimum absolute atomic E-state index is 0.146. The first kappa shape index (κ1) is 26.4. The van der Waals surface area contributed by atoms with Crippen molar-refractivity contribution in [2.75, 3.05) is 5.32 Å². The number of aliphatic carboxylic acids is 1. The summed E-state index contributed by atoms with van der Waals surface area (Å²) in [7, 11) is 0.